The van der Waals surface area contributed by atoms with Gasteiger partial charge in [-0.2, -0.15) is 5.10 Å². The number of aromatic nitrogens is 3. The Hall–Kier alpha value is -6.45. The van der Waals surface area contributed by atoms with E-state index >= 15 is 0 Å². The van der Waals surface area contributed by atoms with Crippen LogP contribution in [0, 0.1) is 12.7 Å². The monoisotopic (exact) mass is 628 g/mol. The Labute approximate surface area is 257 Å². The van der Waals surface area contributed by atoms with Crippen molar-refractivity contribution in [1.82, 2.24) is 25.2 Å². The quantitative estimate of drug-likeness (QED) is 0.111. The second-order valence-electron chi connectivity index (χ2n) is 10.2. The number of rotatable bonds is 11. The lowest BCUT2D eigenvalue weighted by Gasteiger charge is -2.12. The Kier molecular flexibility index (Phi) is 8.27. The summed E-state index contributed by atoms with van der Waals surface area (Å²) in [6, 6.07) is 9.78. The van der Waals surface area contributed by atoms with Gasteiger partial charge in [0.05, 0.1) is 11.8 Å². The average molecular weight is 629 g/mol. The zero-order valence-electron chi connectivity index (χ0n) is 24.0. The van der Waals surface area contributed by atoms with Gasteiger partial charge in [-0.25, -0.2) is 18.7 Å². The van der Waals surface area contributed by atoms with Crippen molar-refractivity contribution in [3.63, 3.8) is 0 Å². The minimum Gasteiger partial charge on any atom is -0.478 e. The van der Waals surface area contributed by atoms with Crippen LogP contribution in [-0.2, 0) is 19.6 Å². The lowest BCUT2D eigenvalue weighted by molar-refractivity contribution is 0.0695. The molecule has 2 aromatic heterocycles. The van der Waals surface area contributed by atoms with E-state index in [4.69, 9.17) is 11.5 Å². The van der Waals surface area contributed by atoms with Crippen LogP contribution in [-0.4, -0.2) is 43.4 Å². The van der Waals surface area contributed by atoms with Crippen LogP contribution in [0.1, 0.15) is 63.9 Å². The van der Waals surface area contributed by atoms with Crippen molar-refractivity contribution in [3.05, 3.63) is 120 Å². The van der Waals surface area contributed by atoms with E-state index in [1.54, 1.807) is 19.1 Å². The molecule has 0 atom stereocenters. The van der Waals surface area contributed by atoms with E-state index in [0.29, 0.717) is 16.7 Å². The lowest BCUT2D eigenvalue weighted by atomic mass is 10.1. The van der Waals surface area contributed by atoms with Gasteiger partial charge in [0.15, 0.2) is 5.65 Å². The zero-order valence-corrected chi connectivity index (χ0v) is 24.0. The van der Waals surface area contributed by atoms with E-state index in [0.717, 1.165) is 10.7 Å². The predicted octanol–water partition coefficient (Wildman–Crippen LogP) is 0.624. The van der Waals surface area contributed by atoms with Crippen molar-refractivity contribution in [2.24, 2.45) is 5.73 Å². The second-order valence-corrected chi connectivity index (χ2v) is 10.2. The SMILES string of the molecule is Cc1cc(CNC(=O)c2cc(C(=O)NCc3ccc(F)c(CNc4c(N)c(=O)c4=O)c3)nc3c(C(N)=O)cnn23)ccc1C(=O)O. The largest absolute Gasteiger partial charge is 0.478 e. The number of carboxylic acid groups (broad SMARTS) is 1. The summed E-state index contributed by atoms with van der Waals surface area (Å²) in [5.74, 6) is -4.00. The number of halogens is 1. The minimum absolute atomic E-state index is 0.00493. The van der Waals surface area contributed by atoms with Crippen LogP contribution >= 0.6 is 0 Å². The molecule has 15 nitrogen and oxygen atoms in total. The third-order valence-electron chi connectivity index (χ3n) is 7.14. The maximum atomic E-state index is 14.4. The number of nitrogens with two attached hydrogens (primary N) is 2. The molecule has 0 saturated heterocycles. The fourth-order valence-electron chi connectivity index (χ4n) is 4.68. The van der Waals surface area contributed by atoms with Crippen LogP contribution in [0.3, 0.4) is 0 Å². The summed E-state index contributed by atoms with van der Waals surface area (Å²) in [5.41, 5.74) is 10.2. The number of nitrogens with one attached hydrogen (secondary N) is 3. The first-order chi connectivity index (χ1) is 21.8. The highest BCUT2D eigenvalue weighted by Gasteiger charge is 2.22. The van der Waals surface area contributed by atoms with Crippen LogP contribution in [0.2, 0.25) is 0 Å². The van der Waals surface area contributed by atoms with Gasteiger partial charge in [-0.3, -0.25) is 24.0 Å². The molecule has 5 rings (SSSR count). The molecular formula is C30H25FN8O7. The van der Waals surface area contributed by atoms with E-state index in [-0.39, 0.29) is 64.7 Å². The molecule has 0 fully saturated rings. The number of fused-ring (bicyclic) bond motifs is 1. The van der Waals surface area contributed by atoms with Gasteiger partial charge in [0, 0.05) is 31.3 Å². The van der Waals surface area contributed by atoms with Gasteiger partial charge in [0.2, 0.25) is 0 Å². The zero-order chi connectivity index (χ0) is 33.3. The van der Waals surface area contributed by atoms with Crippen LogP contribution in [0.25, 0.3) is 5.65 Å². The van der Waals surface area contributed by atoms with Crippen molar-refractivity contribution in [2.75, 3.05) is 11.1 Å². The van der Waals surface area contributed by atoms with E-state index in [1.165, 1.54) is 30.3 Å². The number of aromatic carboxylic acids is 1. The fraction of sp³-hybridized carbons (Fsp3) is 0.133. The van der Waals surface area contributed by atoms with Gasteiger partial charge in [-0.1, -0.05) is 18.2 Å². The average Bonchev–Trinajstić information content (AvgIpc) is 3.47. The van der Waals surface area contributed by atoms with Gasteiger partial charge in [0.25, 0.3) is 28.6 Å². The Morgan fingerprint density at radius 2 is 1.59 bits per heavy atom. The molecule has 0 aliphatic heterocycles. The van der Waals surface area contributed by atoms with E-state index < -0.39 is 40.4 Å². The van der Waals surface area contributed by atoms with Gasteiger partial charge in [0.1, 0.15) is 34.1 Å². The number of carboxylic acids is 1. The molecule has 0 unspecified atom stereocenters. The van der Waals surface area contributed by atoms with Gasteiger partial charge in [-0.05, 0) is 41.8 Å². The van der Waals surface area contributed by atoms with Crippen LogP contribution in [0.5, 0.6) is 0 Å². The first kappa shape index (κ1) is 31.0. The fourth-order valence-corrected chi connectivity index (χ4v) is 4.68. The number of carbonyl (C=O) groups excluding carboxylic acids is 3. The number of hydrogen-bond acceptors (Lipinski definition) is 10. The standard InChI is InChI=1S/C30H25FN8O7/c1-13-6-14(2-4-17(13)30(45)46)9-36-29(44)21-8-20(38-27-18(26(33)42)12-37-39(21)27)28(43)35-10-15-3-5-19(31)16(7-15)11-34-23-22(32)24(40)25(23)41/h2-8,12,34H,9-11,32H2,1H3,(H2,33,42)(H,35,43)(H,36,44)(H,45,46). The number of anilines is 2. The maximum Gasteiger partial charge on any atom is 0.335 e. The normalized spacial score (nSPS) is 11.0. The third kappa shape index (κ3) is 5.99. The minimum atomic E-state index is -1.08. The van der Waals surface area contributed by atoms with Crippen LogP contribution in [0.4, 0.5) is 15.8 Å². The van der Waals surface area contributed by atoms with Crippen molar-refractivity contribution >= 4 is 40.7 Å². The molecule has 0 saturated carbocycles. The van der Waals surface area contributed by atoms with E-state index in [9.17, 15) is 38.3 Å². The second kappa shape index (κ2) is 12.3. The van der Waals surface area contributed by atoms with E-state index in [1.807, 2.05) is 0 Å². The summed E-state index contributed by atoms with van der Waals surface area (Å²) in [5, 5.41) is 21.2. The number of hydrogen-bond donors (Lipinski definition) is 6. The van der Waals surface area contributed by atoms with Crippen molar-refractivity contribution in [1.29, 1.82) is 0 Å². The summed E-state index contributed by atoms with van der Waals surface area (Å²) in [4.78, 5) is 76.9. The molecule has 0 aliphatic rings. The molecule has 3 amide bonds. The Morgan fingerprint density at radius 3 is 2.24 bits per heavy atom. The Balaban J connectivity index is 1.34. The number of benzene rings is 2. The first-order valence-electron chi connectivity index (χ1n) is 13.5. The first-order valence-corrected chi connectivity index (χ1v) is 13.5. The Morgan fingerprint density at radius 1 is 0.913 bits per heavy atom. The molecule has 16 heteroatoms. The molecule has 0 radical (unpaired) electrons. The molecule has 234 valence electrons. The summed E-state index contributed by atoms with van der Waals surface area (Å²) in [6.45, 7) is 1.38. The number of nitrogen functional groups attached to an aromatic ring is 1. The topological polar surface area (TPSA) is 241 Å². The maximum absolute atomic E-state index is 14.4. The molecule has 2 heterocycles. The Bertz CT molecular complexity index is 2150. The molecule has 0 spiro atoms. The number of aryl methyl sites for hydroxylation is 1. The van der Waals surface area contributed by atoms with Crippen LogP contribution < -0.4 is 38.3 Å². The molecule has 8 N–H and O–H groups in total. The summed E-state index contributed by atoms with van der Waals surface area (Å²) in [6.07, 6.45) is 1.11. The summed E-state index contributed by atoms with van der Waals surface area (Å²) < 4.78 is 15.5. The molecule has 0 bridgehead atoms. The van der Waals surface area contributed by atoms with Crippen molar-refractivity contribution in [3.8, 4) is 0 Å². The van der Waals surface area contributed by atoms with Gasteiger partial charge in [-0.15, -0.1) is 0 Å². The van der Waals surface area contributed by atoms with Gasteiger partial charge < -0.3 is 32.5 Å². The molecule has 5 aromatic rings. The highest BCUT2D eigenvalue weighted by molar-refractivity contribution is 6.02. The number of primary amides is 1. The van der Waals surface area contributed by atoms with Gasteiger partial charge >= 0.3 is 5.97 Å². The highest BCUT2D eigenvalue weighted by atomic mass is 19.1. The highest BCUT2D eigenvalue weighted by Crippen LogP contribution is 2.17. The molecular weight excluding hydrogens is 603 g/mol. The third-order valence-corrected chi connectivity index (χ3v) is 7.14. The van der Waals surface area contributed by atoms with Crippen molar-refractivity contribution < 1.29 is 28.7 Å². The summed E-state index contributed by atoms with van der Waals surface area (Å²) in [7, 11) is 0. The smallest absolute Gasteiger partial charge is 0.335 e. The van der Waals surface area contributed by atoms with E-state index in [2.05, 4.69) is 26.0 Å². The molecule has 3 aromatic carbocycles. The number of amides is 3. The molecule has 0 aliphatic carbocycles. The number of carbonyl (C=O) groups is 4. The number of nitrogens with zero attached hydrogens (tertiary/aromatic N) is 3. The predicted molar refractivity (Wildman–Crippen MR) is 161 cm³/mol. The van der Waals surface area contributed by atoms with Crippen LogP contribution in [0.15, 0.2) is 58.3 Å². The summed E-state index contributed by atoms with van der Waals surface area (Å²) >= 11 is 0. The van der Waals surface area contributed by atoms with Crippen molar-refractivity contribution in [2.45, 2.75) is 26.6 Å². The lowest BCUT2D eigenvalue weighted by Crippen LogP contribution is -2.37. The molecule has 46 heavy (non-hydrogen) atoms.